The van der Waals surface area contributed by atoms with Crippen LogP contribution in [-0.2, 0) is 0 Å². The van der Waals surface area contributed by atoms with E-state index in [9.17, 15) is 0 Å². The first kappa shape index (κ1) is 9.48. The minimum atomic E-state index is 0.114. The van der Waals surface area contributed by atoms with Crippen molar-refractivity contribution in [2.75, 3.05) is 0 Å². The predicted molar refractivity (Wildman–Crippen MR) is 59.5 cm³/mol. The van der Waals surface area contributed by atoms with Crippen molar-refractivity contribution >= 4 is 38.5 Å². The van der Waals surface area contributed by atoms with Gasteiger partial charge < -0.3 is 5.73 Å². The van der Waals surface area contributed by atoms with E-state index in [0.717, 1.165) is 10.0 Å². The number of rotatable bonds is 1. The number of benzene rings is 1. The standard InChI is InChI=1S/C8H9BrIN/c1-5(11)6-2-3-8(10)7(9)4-6/h2-5H,11H2,1H3/t5-/m0/s1. The molecule has 1 rings (SSSR count). The highest BCUT2D eigenvalue weighted by atomic mass is 127. The summed E-state index contributed by atoms with van der Waals surface area (Å²) in [6.07, 6.45) is 0. The maximum Gasteiger partial charge on any atom is 0.0312 e. The zero-order chi connectivity index (χ0) is 8.43. The van der Waals surface area contributed by atoms with Crippen LogP contribution >= 0.6 is 38.5 Å². The van der Waals surface area contributed by atoms with Crippen LogP contribution in [0.3, 0.4) is 0 Å². The molecule has 0 aliphatic rings. The summed E-state index contributed by atoms with van der Waals surface area (Å²) in [4.78, 5) is 0. The van der Waals surface area contributed by atoms with E-state index < -0.39 is 0 Å². The summed E-state index contributed by atoms with van der Waals surface area (Å²) in [5.41, 5.74) is 6.87. The van der Waals surface area contributed by atoms with E-state index in [-0.39, 0.29) is 6.04 Å². The Hall–Kier alpha value is 0.390. The molecule has 0 aliphatic heterocycles. The van der Waals surface area contributed by atoms with Crippen LogP contribution in [0.5, 0.6) is 0 Å². The largest absolute Gasteiger partial charge is 0.324 e. The Kier molecular flexibility index (Phi) is 3.33. The van der Waals surface area contributed by atoms with Gasteiger partial charge in [0.2, 0.25) is 0 Å². The van der Waals surface area contributed by atoms with Crippen LogP contribution in [0.4, 0.5) is 0 Å². The molecule has 0 aromatic heterocycles. The normalized spacial score (nSPS) is 13.1. The molecular formula is C8H9BrIN. The Balaban J connectivity index is 3.05. The van der Waals surface area contributed by atoms with Gasteiger partial charge >= 0.3 is 0 Å². The number of hydrogen-bond acceptors (Lipinski definition) is 1. The van der Waals surface area contributed by atoms with Gasteiger partial charge in [-0.25, -0.2) is 0 Å². The van der Waals surface area contributed by atoms with E-state index >= 15 is 0 Å². The second-order valence-electron chi connectivity index (χ2n) is 2.46. The van der Waals surface area contributed by atoms with Gasteiger partial charge in [0.05, 0.1) is 0 Å². The van der Waals surface area contributed by atoms with E-state index in [1.165, 1.54) is 3.57 Å². The second-order valence-corrected chi connectivity index (χ2v) is 4.48. The van der Waals surface area contributed by atoms with E-state index in [1.54, 1.807) is 0 Å². The molecule has 60 valence electrons. The van der Waals surface area contributed by atoms with Crippen LogP contribution < -0.4 is 5.73 Å². The molecule has 1 atom stereocenters. The summed E-state index contributed by atoms with van der Waals surface area (Å²) < 4.78 is 2.33. The summed E-state index contributed by atoms with van der Waals surface area (Å²) in [6, 6.07) is 6.29. The van der Waals surface area contributed by atoms with E-state index in [2.05, 4.69) is 56.7 Å². The molecule has 0 saturated heterocycles. The fourth-order valence-corrected chi connectivity index (χ4v) is 1.53. The lowest BCUT2D eigenvalue weighted by Crippen LogP contribution is -2.04. The molecule has 3 heteroatoms. The maximum absolute atomic E-state index is 5.71. The summed E-state index contributed by atoms with van der Waals surface area (Å²) in [7, 11) is 0. The molecule has 2 N–H and O–H groups in total. The Bertz CT molecular complexity index is 260. The highest BCUT2D eigenvalue weighted by molar-refractivity contribution is 14.1. The summed E-state index contributed by atoms with van der Waals surface area (Å²) in [6.45, 7) is 1.98. The molecule has 11 heavy (non-hydrogen) atoms. The zero-order valence-electron chi connectivity index (χ0n) is 6.14. The molecule has 1 nitrogen and oxygen atoms in total. The van der Waals surface area contributed by atoms with Crippen LogP contribution in [0, 0.1) is 3.57 Å². The third-order valence-corrected chi connectivity index (χ3v) is 3.81. The molecule has 1 aromatic carbocycles. The fourth-order valence-electron chi connectivity index (χ4n) is 0.796. The van der Waals surface area contributed by atoms with Gasteiger partial charge in [0, 0.05) is 14.1 Å². The summed E-state index contributed by atoms with van der Waals surface area (Å²) in [5, 5.41) is 0. The quantitative estimate of drug-likeness (QED) is 0.789. The minimum Gasteiger partial charge on any atom is -0.324 e. The molecule has 1 aromatic rings. The molecule has 0 heterocycles. The third kappa shape index (κ3) is 2.42. The van der Waals surface area contributed by atoms with Crippen molar-refractivity contribution in [2.45, 2.75) is 13.0 Å². The lowest BCUT2D eigenvalue weighted by Gasteiger charge is -2.05. The molecule has 0 amide bonds. The van der Waals surface area contributed by atoms with Crippen LogP contribution in [0.15, 0.2) is 22.7 Å². The van der Waals surface area contributed by atoms with Crippen molar-refractivity contribution in [1.29, 1.82) is 0 Å². The highest BCUT2D eigenvalue weighted by Gasteiger charge is 2.01. The highest BCUT2D eigenvalue weighted by Crippen LogP contribution is 2.22. The molecule has 0 unspecified atom stereocenters. The Morgan fingerprint density at radius 1 is 1.55 bits per heavy atom. The molecule has 0 saturated carbocycles. The van der Waals surface area contributed by atoms with Crippen molar-refractivity contribution in [3.8, 4) is 0 Å². The molecule has 0 aliphatic carbocycles. The molecule has 0 fully saturated rings. The SMILES string of the molecule is C[C@H](N)c1ccc(I)c(Br)c1. The maximum atomic E-state index is 5.71. The van der Waals surface area contributed by atoms with Crippen LogP contribution in [0.1, 0.15) is 18.5 Å². The fraction of sp³-hybridized carbons (Fsp3) is 0.250. The summed E-state index contributed by atoms with van der Waals surface area (Å²) >= 11 is 5.73. The number of nitrogens with two attached hydrogens (primary N) is 1. The van der Waals surface area contributed by atoms with E-state index in [0.29, 0.717) is 0 Å². The average Bonchev–Trinajstić information content (AvgIpc) is 1.94. The van der Waals surface area contributed by atoms with Gasteiger partial charge in [0.15, 0.2) is 0 Å². The molecule has 0 bridgehead atoms. The van der Waals surface area contributed by atoms with Gasteiger partial charge in [-0.2, -0.15) is 0 Å². The third-order valence-electron chi connectivity index (χ3n) is 1.47. The average molecular weight is 326 g/mol. The first-order valence-electron chi connectivity index (χ1n) is 3.32. The van der Waals surface area contributed by atoms with Crippen molar-refractivity contribution in [3.63, 3.8) is 0 Å². The lowest BCUT2D eigenvalue weighted by atomic mass is 10.1. The van der Waals surface area contributed by atoms with Crippen LogP contribution in [-0.4, -0.2) is 0 Å². The van der Waals surface area contributed by atoms with E-state index in [4.69, 9.17) is 5.73 Å². The number of hydrogen-bond donors (Lipinski definition) is 1. The van der Waals surface area contributed by atoms with Crippen molar-refractivity contribution < 1.29 is 0 Å². The molecule has 0 radical (unpaired) electrons. The predicted octanol–water partition coefficient (Wildman–Crippen LogP) is 3.07. The van der Waals surface area contributed by atoms with Crippen LogP contribution in [0.2, 0.25) is 0 Å². The van der Waals surface area contributed by atoms with Crippen LogP contribution in [0.25, 0.3) is 0 Å². The lowest BCUT2D eigenvalue weighted by molar-refractivity contribution is 0.817. The van der Waals surface area contributed by atoms with Gasteiger partial charge in [0.1, 0.15) is 0 Å². The molecular weight excluding hydrogens is 317 g/mol. The second kappa shape index (κ2) is 3.87. The van der Waals surface area contributed by atoms with Gasteiger partial charge in [-0.05, 0) is 63.1 Å². The first-order chi connectivity index (χ1) is 5.11. The Morgan fingerprint density at radius 2 is 2.18 bits per heavy atom. The Morgan fingerprint density at radius 3 is 2.64 bits per heavy atom. The Labute approximate surface area is 88.6 Å². The summed E-state index contributed by atoms with van der Waals surface area (Å²) in [5.74, 6) is 0. The topological polar surface area (TPSA) is 26.0 Å². The van der Waals surface area contributed by atoms with Crippen molar-refractivity contribution in [3.05, 3.63) is 31.8 Å². The van der Waals surface area contributed by atoms with Crippen molar-refractivity contribution in [1.82, 2.24) is 0 Å². The van der Waals surface area contributed by atoms with Gasteiger partial charge in [-0.3, -0.25) is 0 Å². The number of halogens is 2. The zero-order valence-corrected chi connectivity index (χ0v) is 9.89. The van der Waals surface area contributed by atoms with Gasteiger partial charge in [-0.1, -0.05) is 6.07 Å². The van der Waals surface area contributed by atoms with Crippen molar-refractivity contribution in [2.24, 2.45) is 5.73 Å². The minimum absolute atomic E-state index is 0.114. The monoisotopic (exact) mass is 325 g/mol. The first-order valence-corrected chi connectivity index (χ1v) is 5.19. The molecule has 0 spiro atoms. The van der Waals surface area contributed by atoms with Gasteiger partial charge in [0.25, 0.3) is 0 Å². The van der Waals surface area contributed by atoms with E-state index in [1.807, 2.05) is 6.92 Å². The van der Waals surface area contributed by atoms with Gasteiger partial charge in [-0.15, -0.1) is 0 Å². The smallest absolute Gasteiger partial charge is 0.0312 e.